The molecule has 172 valence electrons. The fraction of sp³-hybridized carbons (Fsp3) is 0.192. The van der Waals surface area contributed by atoms with Crippen LogP contribution in [-0.4, -0.2) is 36.0 Å². The van der Waals surface area contributed by atoms with Gasteiger partial charge in [0.25, 0.3) is 11.7 Å². The van der Waals surface area contributed by atoms with Crippen LogP contribution in [0.25, 0.3) is 5.76 Å². The number of benzene rings is 2. The number of nitrogens with zero attached hydrogens (tertiary/aromatic N) is 1. The third-order valence-electron chi connectivity index (χ3n) is 5.97. The van der Waals surface area contributed by atoms with Crippen molar-refractivity contribution >= 4 is 29.1 Å². The van der Waals surface area contributed by atoms with Gasteiger partial charge in [0.1, 0.15) is 29.4 Å². The second-order valence-electron chi connectivity index (χ2n) is 8.18. The Kier molecular flexibility index (Phi) is 5.20. The van der Waals surface area contributed by atoms with Crippen molar-refractivity contribution in [2.75, 3.05) is 12.0 Å². The molecule has 2 atom stereocenters. The van der Waals surface area contributed by atoms with Crippen molar-refractivity contribution in [1.82, 2.24) is 0 Å². The van der Waals surface area contributed by atoms with Gasteiger partial charge in [0.2, 0.25) is 0 Å². The summed E-state index contributed by atoms with van der Waals surface area (Å²) < 4.78 is 16.1. The third kappa shape index (κ3) is 3.44. The highest BCUT2D eigenvalue weighted by Gasteiger charge is 2.48. The molecule has 34 heavy (non-hydrogen) atoms. The van der Waals surface area contributed by atoms with Crippen molar-refractivity contribution in [2.45, 2.75) is 25.5 Å². The van der Waals surface area contributed by atoms with Gasteiger partial charge in [-0.05, 0) is 61.0 Å². The van der Waals surface area contributed by atoms with Crippen LogP contribution in [0.5, 0.6) is 5.75 Å². The van der Waals surface area contributed by atoms with Gasteiger partial charge < -0.3 is 19.0 Å². The van der Waals surface area contributed by atoms with Crippen LogP contribution in [0, 0.1) is 0 Å². The number of rotatable bonds is 4. The molecule has 3 aromatic rings. The number of furan rings is 1. The van der Waals surface area contributed by atoms with Crippen LogP contribution >= 0.6 is 0 Å². The number of hydrogen-bond acceptors (Lipinski definition) is 7. The van der Waals surface area contributed by atoms with Crippen molar-refractivity contribution in [2.24, 2.45) is 0 Å². The number of carbonyl (C=O) groups is 3. The average molecular weight is 459 g/mol. The maximum absolute atomic E-state index is 13.2. The first-order valence-electron chi connectivity index (χ1n) is 10.7. The molecule has 1 saturated heterocycles. The number of methoxy groups -OCH3 is 1. The molecule has 8 nitrogen and oxygen atoms in total. The Morgan fingerprint density at radius 1 is 1.09 bits per heavy atom. The first-order chi connectivity index (χ1) is 16.4. The Morgan fingerprint density at radius 3 is 2.65 bits per heavy atom. The van der Waals surface area contributed by atoms with Crippen LogP contribution in [0.2, 0.25) is 0 Å². The molecule has 2 unspecified atom stereocenters. The van der Waals surface area contributed by atoms with Crippen LogP contribution in [-0.2, 0) is 20.7 Å². The van der Waals surface area contributed by atoms with E-state index >= 15 is 0 Å². The molecule has 0 saturated carbocycles. The summed E-state index contributed by atoms with van der Waals surface area (Å²) in [6, 6.07) is 13.6. The number of anilines is 1. The fourth-order valence-electron chi connectivity index (χ4n) is 4.44. The molecule has 0 bridgehead atoms. The molecule has 2 aromatic carbocycles. The predicted molar refractivity (Wildman–Crippen MR) is 122 cm³/mol. The van der Waals surface area contributed by atoms with E-state index in [1.807, 2.05) is 6.92 Å². The summed E-state index contributed by atoms with van der Waals surface area (Å²) in [6.07, 6.45) is 2.12. The number of aliphatic hydroxyl groups is 1. The smallest absolute Gasteiger partial charge is 0.337 e. The summed E-state index contributed by atoms with van der Waals surface area (Å²) in [6.45, 7) is 1.95. The lowest BCUT2D eigenvalue weighted by Crippen LogP contribution is -2.29. The predicted octanol–water partition coefficient (Wildman–Crippen LogP) is 4.02. The van der Waals surface area contributed by atoms with Crippen LogP contribution in [0.15, 0.2) is 70.9 Å². The van der Waals surface area contributed by atoms with Gasteiger partial charge in [0, 0.05) is 17.7 Å². The lowest BCUT2D eigenvalue weighted by Gasteiger charge is -2.23. The minimum absolute atomic E-state index is 0.0168. The molecule has 1 fully saturated rings. The first-order valence-corrected chi connectivity index (χ1v) is 10.7. The highest BCUT2D eigenvalue weighted by Crippen LogP contribution is 2.43. The summed E-state index contributed by atoms with van der Waals surface area (Å²) in [4.78, 5) is 39.7. The van der Waals surface area contributed by atoms with Gasteiger partial charge in [-0.3, -0.25) is 14.5 Å². The largest absolute Gasteiger partial charge is 0.507 e. The number of carbonyl (C=O) groups excluding carboxylic acids is 3. The Bertz CT molecular complexity index is 1340. The lowest BCUT2D eigenvalue weighted by molar-refractivity contribution is -0.132. The van der Waals surface area contributed by atoms with Gasteiger partial charge in [-0.15, -0.1) is 0 Å². The molecule has 1 amide bonds. The number of Topliss-reactive ketones (excluding diaryl/α,β-unsaturated/α-hetero) is 1. The molecule has 8 heteroatoms. The van der Waals surface area contributed by atoms with Crippen LogP contribution in [0.1, 0.15) is 40.2 Å². The third-order valence-corrected chi connectivity index (χ3v) is 5.97. The van der Waals surface area contributed by atoms with Crippen molar-refractivity contribution < 1.29 is 33.4 Å². The van der Waals surface area contributed by atoms with Gasteiger partial charge in [-0.2, -0.15) is 0 Å². The Morgan fingerprint density at radius 2 is 1.91 bits per heavy atom. The average Bonchev–Trinajstić information content (AvgIpc) is 3.56. The SMILES string of the molecule is COC(=O)c1cccc(N2C(=O)C(=O)/C(=C(\O)c3ccc4c(c3)CC(C)O4)C2c2ccco2)c1. The second kappa shape index (κ2) is 8.22. The van der Waals surface area contributed by atoms with E-state index in [4.69, 9.17) is 13.9 Å². The van der Waals surface area contributed by atoms with E-state index in [0.29, 0.717) is 23.4 Å². The summed E-state index contributed by atoms with van der Waals surface area (Å²) in [7, 11) is 1.26. The summed E-state index contributed by atoms with van der Waals surface area (Å²) >= 11 is 0. The number of aliphatic hydroxyl groups excluding tert-OH is 1. The van der Waals surface area contributed by atoms with Crippen molar-refractivity contribution in [3.63, 3.8) is 0 Å². The summed E-state index contributed by atoms with van der Waals surface area (Å²) in [5.74, 6) is -1.57. The lowest BCUT2D eigenvalue weighted by atomic mass is 9.97. The van der Waals surface area contributed by atoms with Gasteiger partial charge in [-0.1, -0.05) is 6.07 Å². The Hall–Kier alpha value is -4.33. The minimum Gasteiger partial charge on any atom is -0.507 e. The van der Waals surface area contributed by atoms with E-state index in [-0.39, 0.29) is 23.0 Å². The van der Waals surface area contributed by atoms with E-state index < -0.39 is 23.7 Å². The number of ketones is 1. The fourth-order valence-corrected chi connectivity index (χ4v) is 4.44. The zero-order valence-corrected chi connectivity index (χ0v) is 18.5. The molecule has 1 aromatic heterocycles. The van der Waals surface area contributed by atoms with E-state index in [9.17, 15) is 19.5 Å². The van der Waals surface area contributed by atoms with Crippen LogP contribution in [0.4, 0.5) is 5.69 Å². The Balaban J connectivity index is 1.65. The summed E-state index contributed by atoms with van der Waals surface area (Å²) in [5, 5.41) is 11.2. The number of esters is 1. The number of fused-ring (bicyclic) bond motifs is 1. The molecular weight excluding hydrogens is 438 g/mol. The topological polar surface area (TPSA) is 106 Å². The number of hydrogen-bond donors (Lipinski definition) is 1. The van der Waals surface area contributed by atoms with Crippen LogP contribution in [0.3, 0.4) is 0 Å². The molecule has 3 heterocycles. The molecule has 0 aliphatic carbocycles. The van der Waals surface area contributed by atoms with Gasteiger partial charge >= 0.3 is 5.97 Å². The Labute approximate surface area is 195 Å². The van der Waals surface area contributed by atoms with Crippen molar-refractivity contribution in [3.8, 4) is 5.75 Å². The summed E-state index contributed by atoms with van der Waals surface area (Å²) in [5.41, 5.74) is 1.71. The van der Waals surface area contributed by atoms with Gasteiger partial charge in [0.05, 0.1) is 24.5 Å². The standard InChI is InChI=1S/C26H21NO7/c1-14-11-17-12-15(8-9-19(17)34-14)23(28)21-22(20-7-4-10-33-20)27(25(30)24(21)29)18-6-3-5-16(13-18)26(31)32-2/h3-10,12-14,22,28H,11H2,1-2H3/b23-21-. The zero-order valence-electron chi connectivity index (χ0n) is 18.5. The highest BCUT2D eigenvalue weighted by molar-refractivity contribution is 6.51. The van der Waals surface area contributed by atoms with Crippen LogP contribution < -0.4 is 9.64 Å². The highest BCUT2D eigenvalue weighted by atomic mass is 16.5. The van der Waals surface area contributed by atoms with E-state index in [2.05, 4.69) is 0 Å². The minimum atomic E-state index is -1.02. The molecule has 2 aliphatic rings. The molecule has 1 N–H and O–H groups in total. The zero-order chi connectivity index (χ0) is 24.0. The number of amides is 1. The molecular formula is C26H21NO7. The second-order valence-corrected chi connectivity index (χ2v) is 8.18. The first kappa shape index (κ1) is 21.5. The molecule has 0 spiro atoms. The monoisotopic (exact) mass is 459 g/mol. The number of ether oxygens (including phenoxy) is 2. The quantitative estimate of drug-likeness (QED) is 0.272. The molecule has 0 radical (unpaired) electrons. The molecule has 5 rings (SSSR count). The van der Waals surface area contributed by atoms with E-state index in [1.165, 1.54) is 24.3 Å². The van der Waals surface area contributed by atoms with E-state index in [1.54, 1.807) is 48.5 Å². The van der Waals surface area contributed by atoms with Crippen molar-refractivity contribution in [3.05, 3.63) is 88.9 Å². The van der Waals surface area contributed by atoms with Gasteiger partial charge in [-0.25, -0.2) is 4.79 Å². The normalized spacial score (nSPS) is 20.8. The van der Waals surface area contributed by atoms with E-state index in [0.717, 1.165) is 11.3 Å². The molecule has 2 aliphatic heterocycles. The van der Waals surface area contributed by atoms with Gasteiger partial charge in [0.15, 0.2) is 0 Å². The maximum atomic E-state index is 13.2. The maximum Gasteiger partial charge on any atom is 0.337 e. The van der Waals surface area contributed by atoms with Crippen molar-refractivity contribution in [1.29, 1.82) is 0 Å².